The van der Waals surface area contributed by atoms with E-state index >= 15 is 0 Å². The van der Waals surface area contributed by atoms with Crippen molar-refractivity contribution < 1.29 is 32.2 Å². The molecule has 0 atom stereocenters. The van der Waals surface area contributed by atoms with Gasteiger partial charge in [0.05, 0.1) is 17.7 Å². The largest absolute Gasteiger partial charge is 0.494 e. The molecule has 0 heterocycles. The maximum absolute atomic E-state index is 14.0. The molecule has 7 nitrogen and oxygen atoms in total. The first-order chi connectivity index (χ1) is 14.8. The standard InChI is InChI=1S/C22H20FNO6S/c1-29-21-12-11-19(13-20(21)23)31(27,28)24(14-22(25)26)17-7-9-18(10-8-17)30-15-16-5-3-2-4-6-16/h2-13H,14-15H2,1H3,(H,25,26). The highest BCUT2D eigenvalue weighted by molar-refractivity contribution is 7.92. The summed E-state index contributed by atoms with van der Waals surface area (Å²) in [4.78, 5) is 10.9. The van der Waals surface area contributed by atoms with E-state index in [0.29, 0.717) is 16.7 Å². The molecule has 0 saturated carbocycles. The lowest BCUT2D eigenvalue weighted by molar-refractivity contribution is -0.135. The minimum Gasteiger partial charge on any atom is -0.494 e. The van der Waals surface area contributed by atoms with Crippen molar-refractivity contribution in [2.24, 2.45) is 0 Å². The number of methoxy groups -OCH3 is 1. The van der Waals surface area contributed by atoms with Gasteiger partial charge < -0.3 is 14.6 Å². The summed E-state index contributed by atoms with van der Waals surface area (Å²) < 4.78 is 51.3. The summed E-state index contributed by atoms with van der Waals surface area (Å²) in [6, 6.07) is 18.5. The molecule has 3 rings (SSSR count). The van der Waals surface area contributed by atoms with Crippen LogP contribution in [0.25, 0.3) is 0 Å². The molecule has 1 N–H and O–H groups in total. The number of halogens is 1. The predicted molar refractivity (Wildman–Crippen MR) is 112 cm³/mol. The zero-order valence-electron chi connectivity index (χ0n) is 16.6. The van der Waals surface area contributed by atoms with E-state index in [4.69, 9.17) is 9.47 Å². The smallest absolute Gasteiger partial charge is 0.324 e. The molecule has 0 aliphatic carbocycles. The number of sulfonamides is 1. The Kier molecular flexibility index (Phi) is 6.76. The first-order valence-electron chi connectivity index (χ1n) is 9.16. The second-order valence-corrected chi connectivity index (χ2v) is 8.33. The van der Waals surface area contributed by atoms with Crippen LogP contribution < -0.4 is 13.8 Å². The molecule has 0 aromatic heterocycles. The van der Waals surface area contributed by atoms with Crippen LogP contribution in [0.1, 0.15) is 5.56 Å². The zero-order valence-corrected chi connectivity index (χ0v) is 17.4. The summed E-state index contributed by atoms with van der Waals surface area (Å²) in [5.74, 6) is -1.87. The van der Waals surface area contributed by atoms with Gasteiger partial charge in [-0.2, -0.15) is 0 Å². The van der Waals surface area contributed by atoms with Crippen LogP contribution in [-0.4, -0.2) is 33.1 Å². The molecule has 9 heteroatoms. The highest BCUT2D eigenvalue weighted by Gasteiger charge is 2.28. The Labute approximate surface area is 179 Å². The van der Waals surface area contributed by atoms with Gasteiger partial charge in [-0.1, -0.05) is 30.3 Å². The molecule has 3 aromatic rings. The molecule has 0 aliphatic heterocycles. The Morgan fingerprint density at radius 3 is 2.29 bits per heavy atom. The lowest BCUT2D eigenvalue weighted by atomic mass is 10.2. The average Bonchev–Trinajstić information content (AvgIpc) is 2.77. The van der Waals surface area contributed by atoms with E-state index in [0.717, 1.165) is 17.7 Å². The number of carbonyl (C=O) groups is 1. The van der Waals surface area contributed by atoms with Crippen LogP contribution in [0.15, 0.2) is 77.7 Å². The van der Waals surface area contributed by atoms with Crippen LogP contribution in [0.5, 0.6) is 11.5 Å². The SMILES string of the molecule is COc1ccc(S(=O)(=O)N(CC(=O)O)c2ccc(OCc3ccccc3)cc2)cc1F. The van der Waals surface area contributed by atoms with E-state index in [9.17, 15) is 22.7 Å². The van der Waals surface area contributed by atoms with Crippen molar-refractivity contribution in [2.75, 3.05) is 18.0 Å². The molecule has 162 valence electrons. The summed E-state index contributed by atoms with van der Waals surface area (Å²) >= 11 is 0. The Hall–Kier alpha value is -3.59. The van der Waals surface area contributed by atoms with Crippen molar-refractivity contribution in [3.8, 4) is 11.5 Å². The van der Waals surface area contributed by atoms with E-state index in [2.05, 4.69) is 0 Å². The molecule has 0 radical (unpaired) electrons. The van der Waals surface area contributed by atoms with Gasteiger partial charge in [-0.05, 0) is 48.0 Å². The molecule has 3 aromatic carbocycles. The third-order valence-electron chi connectivity index (χ3n) is 4.36. The molecule has 0 saturated heterocycles. The minimum atomic E-state index is -4.35. The molecule has 0 amide bonds. The van der Waals surface area contributed by atoms with Gasteiger partial charge in [-0.3, -0.25) is 9.10 Å². The summed E-state index contributed by atoms with van der Waals surface area (Å²) in [6.45, 7) is -0.511. The number of ether oxygens (including phenoxy) is 2. The van der Waals surface area contributed by atoms with Gasteiger partial charge in [0, 0.05) is 0 Å². The number of anilines is 1. The molecular weight excluding hydrogens is 425 g/mol. The Morgan fingerprint density at radius 1 is 1.03 bits per heavy atom. The summed E-state index contributed by atoms with van der Waals surface area (Å²) in [6.07, 6.45) is 0. The van der Waals surface area contributed by atoms with Crippen LogP contribution in [-0.2, 0) is 21.4 Å². The fraction of sp³-hybridized carbons (Fsp3) is 0.136. The molecule has 31 heavy (non-hydrogen) atoms. The van der Waals surface area contributed by atoms with Crippen molar-refractivity contribution in [1.82, 2.24) is 0 Å². The van der Waals surface area contributed by atoms with Crippen LogP contribution >= 0.6 is 0 Å². The molecule has 0 fully saturated rings. The van der Waals surface area contributed by atoms with Gasteiger partial charge >= 0.3 is 5.97 Å². The van der Waals surface area contributed by atoms with Crippen molar-refractivity contribution in [1.29, 1.82) is 0 Å². The van der Waals surface area contributed by atoms with Gasteiger partial charge in [-0.25, -0.2) is 12.8 Å². The highest BCUT2D eigenvalue weighted by atomic mass is 32.2. The Balaban J connectivity index is 1.86. The maximum Gasteiger partial charge on any atom is 0.324 e. The third kappa shape index (κ3) is 5.32. The maximum atomic E-state index is 14.0. The molecule has 0 spiro atoms. The lowest BCUT2D eigenvalue weighted by Gasteiger charge is -2.23. The van der Waals surface area contributed by atoms with Gasteiger partial charge in [-0.15, -0.1) is 0 Å². The Bertz CT molecular complexity index is 1150. The van der Waals surface area contributed by atoms with Gasteiger partial charge in [0.1, 0.15) is 18.9 Å². The first kappa shape index (κ1) is 22.1. The lowest BCUT2D eigenvalue weighted by Crippen LogP contribution is -2.35. The fourth-order valence-corrected chi connectivity index (χ4v) is 4.25. The van der Waals surface area contributed by atoms with Crippen molar-refractivity contribution in [3.05, 3.63) is 84.2 Å². The van der Waals surface area contributed by atoms with E-state index in [1.54, 1.807) is 0 Å². The summed E-state index contributed by atoms with van der Waals surface area (Å²) in [7, 11) is -3.09. The summed E-state index contributed by atoms with van der Waals surface area (Å²) in [5.41, 5.74) is 1.06. The van der Waals surface area contributed by atoms with Gasteiger partial charge in [0.25, 0.3) is 10.0 Å². The van der Waals surface area contributed by atoms with Crippen molar-refractivity contribution >= 4 is 21.7 Å². The molecular formula is C22H20FNO6S. The van der Waals surface area contributed by atoms with E-state index in [1.165, 1.54) is 37.4 Å². The molecule has 0 bridgehead atoms. The number of nitrogens with zero attached hydrogens (tertiary/aromatic N) is 1. The second-order valence-electron chi connectivity index (χ2n) is 6.47. The average molecular weight is 445 g/mol. The summed E-state index contributed by atoms with van der Waals surface area (Å²) in [5, 5.41) is 9.23. The normalized spacial score (nSPS) is 11.0. The van der Waals surface area contributed by atoms with E-state index < -0.39 is 33.3 Å². The quantitative estimate of drug-likeness (QED) is 0.540. The van der Waals surface area contributed by atoms with Crippen LogP contribution in [0.3, 0.4) is 0 Å². The molecule has 0 aliphatic rings. The van der Waals surface area contributed by atoms with Crippen LogP contribution in [0, 0.1) is 5.82 Å². The topological polar surface area (TPSA) is 93.1 Å². The van der Waals surface area contributed by atoms with Gasteiger partial charge in [0.2, 0.25) is 0 Å². The number of hydrogen-bond donors (Lipinski definition) is 1. The highest BCUT2D eigenvalue weighted by Crippen LogP contribution is 2.28. The third-order valence-corrected chi connectivity index (χ3v) is 6.13. The number of hydrogen-bond acceptors (Lipinski definition) is 5. The first-order valence-corrected chi connectivity index (χ1v) is 10.6. The number of rotatable bonds is 9. The monoisotopic (exact) mass is 445 g/mol. The van der Waals surface area contributed by atoms with Gasteiger partial charge in [0.15, 0.2) is 11.6 Å². The minimum absolute atomic E-state index is 0.102. The second kappa shape index (κ2) is 9.48. The van der Waals surface area contributed by atoms with Crippen molar-refractivity contribution in [2.45, 2.75) is 11.5 Å². The van der Waals surface area contributed by atoms with Crippen LogP contribution in [0.2, 0.25) is 0 Å². The molecule has 0 unspecified atom stereocenters. The van der Waals surface area contributed by atoms with E-state index in [1.807, 2.05) is 30.3 Å². The fourth-order valence-electron chi connectivity index (χ4n) is 2.82. The van der Waals surface area contributed by atoms with Crippen LogP contribution in [0.4, 0.5) is 10.1 Å². The predicted octanol–water partition coefficient (Wildman–Crippen LogP) is 3.69. The van der Waals surface area contributed by atoms with E-state index in [-0.39, 0.29) is 11.4 Å². The number of benzene rings is 3. The van der Waals surface area contributed by atoms with Crippen molar-refractivity contribution in [3.63, 3.8) is 0 Å². The number of carboxylic acid groups (broad SMARTS) is 1. The number of aliphatic carboxylic acids is 1. The Morgan fingerprint density at radius 2 is 1.71 bits per heavy atom. The zero-order chi connectivity index (χ0) is 22.4. The number of carboxylic acids is 1.